The van der Waals surface area contributed by atoms with E-state index < -0.39 is 0 Å². The summed E-state index contributed by atoms with van der Waals surface area (Å²) in [6.45, 7) is 3.11. The highest BCUT2D eigenvalue weighted by atomic mass is 16.1. The Morgan fingerprint density at radius 3 is 2.16 bits per heavy atom. The number of pyridine rings is 1. The van der Waals surface area contributed by atoms with Crippen LogP contribution in [0.1, 0.15) is 80.6 Å². The lowest BCUT2D eigenvalue weighted by molar-refractivity contribution is 0.104. The van der Waals surface area contributed by atoms with Crippen LogP contribution in [-0.4, -0.2) is 16.9 Å². The van der Waals surface area contributed by atoms with Gasteiger partial charge in [-0.3, -0.25) is 9.59 Å². The van der Waals surface area contributed by atoms with Crippen LogP contribution in [0.3, 0.4) is 0 Å². The quantitative estimate of drug-likeness (QED) is 0.270. The smallest absolute Gasteiger partial charge is 0.251 e. The minimum Gasteiger partial charge on any atom is -0.384 e. The van der Waals surface area contributed by atoms with Crippen LogP contribution in [0.2, 0.25) is 0 Å². The Balaban J connectivity index is 1.49. The zero-order valence-corrected chi connectivity index (χ0v) is 19.4. The van der Waals surface area contributed by atoms with Crippen molar-refractivity contribution in [2.75, 3.05) is 11.9 Å². The van der Waals surface area contributed by atoms with Crippen molar-refractivity contribution in [1.29, 1.82) is 0 Å². The molecule has 4 rings (SSSR count). The van der Waals surface area contributed by atoms with Crippen LogP contribution in [-0.2, 0) is 7.05 Å². The molecule has 0 atom stereocenters. The van der Waals surface area contributed by atoms with Crippen molar-refractivity contribution in [3.05, 3.63) is 63.9 Å². The molecular weight excluding hydrogens is 396 g/mol. The predicted molar refractivity (Wildman–Crippen MR) is 134 cm³/mol. The van der Waals surface area contributed by atoms with Crippen molar-refractivity contribution < 1.29 is 4.79 Å². The number of carbonyl (C=O) groups is 1. The molecule has 0 spiro atoms. The Kier molecular flexibility index (Phi) is 7.09. The fourth-order valence-corrected chi connectivity index (χ4v) is 4.86. The van der Waals surface area contributed by atoms with Gasteiger partial charge in [-0.2, -0.15) is 0 Å². The molecule has 0 bridgehead atoms. The maximum atomic E-state index is 13.5. The topological polar surface area (TPSA) is 51.1 Å². The van der Waals surface area contributed by atoms with E-state index in [-0.39, 0.29) is 11.3 Å². The fourth-order valence-electron chi connectivity index (χ4n) is 4.86. The highest BCUT2D eigenvalue weighted by Crippen LogP contribution is 2.41. The van der Waals surface area contributed by atoms with Crippen molar-refractivity contribution in [3.63, 3.8) is 0 Å². The molecule has 3 aromatic rings. The molecule has 2 aromatic carbocycles. The van der Waals surface area contributed by atoms with Gasteiger partial charge in [-0.05, 0) is 29.7 Å². The molecule has 168 valence electrons. The van der Waals surface area contributed by atoms with E-state index in [0.717, 1.165) is 40.7 Å². The average molecular weight is 431 g/mol. The summed E-state index contributed by atoms with van der Waals surface area (Å²) in [5, 5.41) is 4.41. The normalized spacial score (nSPS) is 12.2. The largest absolute Gasteiger partial charge is 0.384 e. The van der Waals surface area contributed by atoms with Gasteiger partial charge in [0, 0.05) is 36.3 Å². The minimum absolute atomic E-state index is 0.0342. The second kappa shape index (κ2) is 10.2. The molecule has 1 aliphatic carbocycles. The van der Waals surface area contributed by atoms with E-state index in [0.29, 0.717) is 11.1 Å². The van der Waals surface area contributed by atoms with Crippen LogP contribution >= 0.6 is 0 Å². The number of nitrogens with one attached hydrogen (secondary N) is 1. The summed E-state index contributed by atoms with van der Waals surface area (Å²) in [5.74, 6) is 0.0342. The van der Waals surface area contributed by atoms with Crippen LogP contribution in [0.5, 0.6) is 0 Å². The van der Waals surface area contributed by atoms with E-state index in [2.05, 4.69) is 12.2 Å². The third-order valence-corrected chi connectivity index (χ3v) is 6.70. The van der Waals surface area contributed by atoms with Crippen molar-refractivity contribution in [3.8, 4) is 11.1 Å². The molecule has 0 fully saturated rings. The number of aryl methyl sites for hydroxylation is 1. The number of rotatable bonds is 11. The van der Waals surface area contributed by atoms with Gasteiger partial charge in [0.1, 0.15) is 0 Å². The van der Waals surface area contributed by atoms with Crippen LogP contribution < -0.4 is 10.9 Å². The predicted octanol–water partition coefficient (Wildman–Crippen LogP) is 6.69. The molecule has 1 N–H and O–H groups in total. The Bertz CT molecular complexity index is 1180. The minimum atomic E-state index is -0.0574. The second-order valence-electron chi connectivity index (χ2n) is 8.97. The van der Waals surface area contributed by atoms with E-state index in [4.69, 9.17) is 0 Å². The van der Waals surface area contributed by atoms with E-state index >= 15 is 0 Å². The third kappa shape index (κ3) is 4.36. The van der Waals surface area contributed by atoms with Gasteiger partial charge in [-0.1, -0.05) is 82.6 Å². The number of hydrogen-bond donors (Lipinski definition) is 1. The van der Waals surface area contributed by atoms with Gasteiger partial charge in [0.25, 0.3) is 5.56 Å². The van der Waals surface area contributed by atoms with Crippen molar-refractivity contribution in [2.45, 2.75) is 64.7 Å². The number of unbranched alkanes of at least 4 members (excludes halogenated alkanes) is 8. The molecule has 0 radical (unpaired) electrons. The summed E-state index contributed by atoms with van der Waals surface area (Å²) >= 11 is 0. The van der Waals surface area contributed by atoms with Crippen molar-refractivity contribution >= 4 is 22.4 Å². The Morgan fingerprint density at radius 2 is 1.44 bits per heavy atom. The number of fused-ring (bicyclic) bond motifs is 2. The van der Waals surface area contributed by atoms with Crippen LogP contribution in [0.25, 0.3) is 22.0 Å². The molecule has 1 aliphatic rings. The van der Waals surface area contributed by atoms with E-state index in [1.54, 1.807) is 17.7 Å². The standard InChI is InChI=1S/C28H34N2O2/c1-3-4-5-6-7-8-9-10-13-18-29-23-16-17-24-26-22(19-25(31)30(24)2)20-14-11-12-15-21(20)28(32)27(23)26/h11-12,14-17,19,29H,3-10,13,18H2,1-2H3. The first-order valence-corrected chi connectivity index (χ1v) is 12.2. The molecule has 0 amide bonds. The maximum absolute atomic E-state index is 13.5. The molecule has 4 heteroatoms. The van der Waals surface area contributed by atoms with E-state index in [9.17, 15) is 9.59 Å². The molecule has 0 aliphatic heterocycles. The number of benzene rings is 2. The second-order valence-corrected chi connectivity index (χ2v) is 8.97. The Hall–Kier alpha value is -2.88. The lowest BCUT2D eigenvalue weighted by Gasteiger charge is -2.23. The summed E-state index contributed by atoms with van der Waals surface area (Å²) in [7, 11) is 1.77. The number of carbonyl (C=O) groups excluding carboxylic acids is 1. The number of nitrogens with zero attached hydrogens (tertiary/aromatic N) is 1. The monoisotopic (exact) mass is 430 g/mol. The summed E-state index contributed by atoms with van der Waals surface area (Å²) in [6.07, 6.45) is 11.6. The summed E-state index contributed by atoms with van der Waals surface area (Å²) in [6, 6.07) is 13.2. The van der Waals surface area contributed by atoms with Crippen LogP contribution in [0.15, 0.2) is 47.3 Å². The average Bonchev–Trinajstić information content (AvgIpc) is 2.81. The fraction of sp³-hybridized carbons (Fsp3) is 0.429. The zero-order valence-electron chi connectivity index (χ0n) is 19.4. The first-order valence-electron chi connectivity index (χ1n) is 12.2. The summed E-state index contributed by atoms with van der Waals surface area (Å²) in [5.41, 5.74) is 4.70. The van der Waals surface area contributed by atoms with Gasteiger partial charge in [-0.25, -0.2) is 0 Å². The van der Waals surface area contributed by atoms with Gasteiger partial charge < -0.3 is 9.88 Å². The molecule has 0 unspecified atom stereocenters. The van der Waals surface area contributed by atoms with Gasteiger partial charge in [0.2, 0.25) is 0 Å². The van der Waals surface area contributed by atoms with Gasteiger partial charge >= 0.3 is 0 Å². The zero-order chi connectivity index (χ0) is 22.5. The number of hydrogen-bond acceptors (Lipinski definition) is 3. The Morgan fingerprint density at radius 1 is 0.781 bits per heavy atom. The highest BCUT2D eigenvalue weighted by molar-refractivity contribution is 6.28. The van der Waals surface area contributed by atoms with Crippen molar-refractivity contribution in [2.24, 2.45) is 7.05 Å². The molecular formula is C28H34N2O2. The molecule has 1 heterocycles. The van der Waals surface area contributed by atoms with Gasteiger partial charge in [-0.15, -0.1) is 0 Å². The number of ketones is 1. The Labute approximate surface area is 190 Å². The molecule has 0 saturated heterocycles. The third-order valence-electron chi connectivity index (χ3n) is 6.70. The molecule has 4 nitrogen and oxygen atoms in total. The summed E-state index contributed by atoms with van der Waals surface area (Å²) < 4.78 is 1.63. The number of anilines is 1. The summed E-state index contributed by atoms with van der Waals surface area (Å²) in [4.78, 5) is 26.0. The molecule has 0 saturated carbocycles. The van der Waals surface area contributed by atoms with Gasteiger partial charge in [0.15, 0.2) is 5.78 Å². The highest BCUT2D eigenvalue weighted by Gasteiger charge is 2.28. The lowest BCUT2D eigenvalue weighted by Crippen LogP contribution is -2.21. The lowest BCUT2D eigenvalue weighted by atomic mass is 9.83. The van der Waals surface area contributed by atoms with E-state index in [1.165, 1.54) is 51.4 Å². The van der Waals surface area contributed by atoms with Crippen LogP contribution in [0, 0.1) is 0 Å². The van der Waals surface area contributed by atoms with E-state index in [1.807, 2.05) is 36.4 Å². The van der Waals surface area contributed by atoms with Crippen molar-refractivity contribution in [1.82, 2.24) is 4.57 Å². The van der Waals surface area contributed by atoms with Crippen LogP contribution in [0.4, 0.5) is 5.69 Å². The molecule has 32 heavy (non-hydrogen) atoms. The maximum Gasteiger partial charge on any atom is 0.251 e. The van der Waals surface area contributed by atoms with Gasteiger partial charge in [0.05, 0.1) is 11.1 Å². The number of aromatic nitrogens is 1. The molecule has 1 aromatic heterocycles. The first-order chi connectivity index (χ1) is 15.6. The first kappa shape index (κ1) is 22.3. The SMILES string of the molecule is CCCCCCCCCCCNc1ccc2c3c(cc(=O)n2C)-c2ccccc2C(=O)c13.